The predicted octanol–water partition coefficient (Wildman–Crippen LogP) is 12.2. The summed E-state index contributed by atoms with van der Waals surface area (Å²) >= 11 is 0. The number of benzene rings is 2. The monoisotopic (exact) mass is 710 g/mol. The Balaban J connectivity index is 1.14. The summed E-state index contributed by atoms with van der Waals surface area (Å²) in [6, 6.07) is 4.64. The van der Waals surface area contributed by atoms with E-state index in [1.807, 2.05) is 6.92 Å². The van der Waals surface area contributed by atoms with E-state index in [0.29, 0.717) is 24.7 Å². The molecular weight excluding hydrogens is 654 g/mol. The lowest BCUT2D eigenvalue weighted by atomic mass is 9.77. The van der Waals surface area contributed by atoms with Crippen LogP contribution in [0.15, 0.2) is 36.4 Å². The van der Waals surface area contributed by atoms with Crippen LogP contribution in [0.25, 0.3) is 0 Å². The summed E-state index contributed by atoms with van der Waals surface area (Å²) in [5.41, 5.74) is -0.282. The van der Waals surface area contributed by atoms with E-state index in [-0.39, 0.29) is 23.8 Å². The third kappa shape index (κ3) is 12.4. The van der Waals surface area contributed by atoms with Gasteiger partial charge < -0.3 is 14.2 Å². The van der Waals surface area contributed by atoms with Gasteiger partial charge in [-0.2, -0.15) is 13.2 Å². The van der Waals surface area contributed by atoms with E-state index in [1.54, 1.807) is 0 Å². The largest absolute Gasteiger partial charge is 0.490 e. The van der Waals surface area contributed by atoms with Crippen LogP contribution in [0, 0.1) is 46.9 Å². The number of ether oxygens (including phenoxy) is 3. The smallest absolute Gasteiger partial charge is 0.204 e. The van der Waals surface area contributed by atoms with Crippen molar-refractivity contribution < 1.29 is 40.6 Å². The Morgan fingerprint density at radius 1 is 0.600 bits per heavy atom. The van der Waals surface area contributed by atoms with E-state index in [2.05, 4.69) is 19.1 Å². The van der Waals surface area contributed by atoms with Gasteiger partial charge in [0, 0.05) is 6.42 Å². The summed E-state index contributed by atoms with van der Waals surface area (Å²) in [6.07, 6.45) is 17.5. The highest BCUT2D eigenvalue weighted by Crippen LogP contribution is 2.36. The molecule has 2 atom stereocenters. The molecule has 2 unspecified atom stereocenters. The zero-order valence-corrected chi connectivity index (χ0v) is 29.9. The normalized spacial score (nSPS) is 22.4. The highest BCUT2D eigenvalue weighted by Gasteiger charge is 2.26. The zero-order valence-electron chi connectivity index (χ0n) is 29.9. The van der Waals surface area contributed by atoms with Crippen LogP contribution in [0.4, 0.5) is 26.3 Å². The SMILES string of the molecule is CCCCCC1CCC(C=CC2CCC(CC(F)COc3ccc(CC(F)COc4ccc(OCCCC)c(F)c4F)c(F)c3F)CC2)CC1. The predicted molar refractivity (Wildman–Crippen MR) is 186 cm³/mol. The maximum absolute atomic E-state index is 14.9. The molecule has 0 bridgehead atoms. The van der Waals surface area contributed by atoms with Crippen LogP contribution in [-0.4, -0.2) is 32.2 Å². The fourth-order valence-corrected chi connectivity index (χ4v) is 7.28. The van der Waals surface area contributed by atoms with Crippen LogP contribution >= 0.6 is 0 Å². The molecule has 0 aromatic heterocycles. The summed E-state index contributed by atoms with van der Waals surface area (Å²) < 4.78 is 103. The van der Waals surface area contributed by atoms with Gasteiger partial charge in [0.05, 0.1) is 6.61 Å². The molecule has 3 nitrogen and oxygen atoms in total. The van der Waals surface area contributed by atoms with Gasteiger partial charge in [-0.05, 0) is 112 Å². The molecule has 0 heterocycles. The fraction of sp³-hybridized carbons (Fsp3) is 0.659. The average Bonchev–Trinajstić information content (AvgIpc) is 3.12. The topological polar surface area (TPSA) is 27.7 Å². The summed E-state index contributed by atoms with van der Waals surface area (Å²) in [6.45, 7) is 3.29. The van der Waals surface area contributed by atoms with Gasteiger partial charge in [-0.25, -0.2) is 13.2 Å². The van der Waals surface area contributed by atoms with Gasteiger partial charge >= 0.3 is 0 Å². The molecule has 280 valence electrons. The lowest BCUT2D eigenvalue weighted by Crippen LogP contribution is -2.21. The first-order valence-corrected chi connectivity index (χ1v) is 19.0. The van der Waals surface area contributed by atoms with Crippen molar-refractivity contribution in [1.82, 2.24) is 0 Å². The first-order valence-electron chi connectivity index (χ1n) is 19.0. The quantitative estimate of drug-likeness (QED) is 0.0778. The third-order valence-electron chi connectivity index (χ3n) is 10.4. The molecule has 50 heavy (non-hydrogen) atoms. The molecule has 0 saturated heterocycles. The van der Waals surface area contributed by atoms with Crippen LogP contribution in [0.2, 0.25) is 0 Å². The van der Waals surface area contributed by atoms with Crippen molar-refractivity contribution in [3.63, 3.8) is 0 Å². The molecule has 0 amide bonds. The van der Waals surface area contributed by atoms with Gasteiger partial charge in [0.2, 0.25) is 17.5 Å². The van der Waals surface area contributed by atoms with Crippen molar-refractivity contribution in [3.05, 3.63) is 65.2 Å². The summed E-state index contributed by atoms with van der Waals surface area (Å²) in [5.74, 6) is -4.07. The summed E-state index contributed by atoms with van der Waals surface area (Å²) in [7, 11) is 0. The third-order valence-corrected chi connectivity index (χ3v) is 10.4. The van der Waals surface area contributed by atoms with E-state index < -0.39 is 66.7 Å². The second-order valence-corrected chi connectivity index (χ2v) is 14.4. The number of hydrogen-bond donors (Lipinski definition) is 0. The first kappa shape index (κ1) is 39.9. The summed E-state index contributed by atoms with van der Waals surface area (Å²) in [4.78, 5) is 0. The second-order valence-electron chi connectivity index (χ2n) is 14.4. The van der Waals surface area contributed by atoms with Crippen LogP contribution in [0.3, 0.4) is 0 Å². The average molecular weight is 711 g/mol. The van der Waals surface area contributed by atoms with Crippen LogP contribution in [-0.2, 0) is 6.42 Å². The standard InChI is InChI=1S/C41H56F6O3/c1-3-5-7-8-28-9-11-29(12-10-28)13-14-30-15-17-31(18-16-30)24-33(42)26-49-36-20-19-32(38(44)39(36)45)25-34(43)27-50-37-22-21-35(40(46)41(37)47)48-23-6-4-2/h13-14,19-22,28-31,33-34H,3-12,15-18,23-27H2,1-2H3. The van der Waals surface area contributed by atoms with Gasteiger partial charge in [0.15, 0.2) is 23.1 Å². The Morgan fingerprint density at radius 3 is 1.68 bits per heavy atom. The van der Waals surface area contributed by atoms with E-state index in [9.17, 15) is 26.3 Å². The van der Waals surface area contributed by atoms with Gasteiger partial charge in [-0.15, -0.1) is 0 Å². The molecule has 2 aromatic rings. The van der Waals surface area contributed by atoms with E-state index in [4.69, 9.17) is 14.2 Å². The number of unbranched alkanes of at least 4 members (excludes halogenated alkanes) is 3. The maximum atomic E-state index is 14.9. The minimum absolute atomic E-state index is 0.221. The van der Waals surface area contributed by atoms with Gasteiger partial charge in [0.25, 0.3) is 0 Å². The molecule has 9 heteroatoms. The van der Waals surface area contributed by atoms with Crippen LogP contribution in [0.5, 0.6) is 17.2 Å². The molecule has 2 aromatic carbocycles. The van der Waals surface area contributed by atoms with E-state index in [1.165, 1.54) is 63.5 Å². The highest BCUT2D eigenvalue weighted by molar-refractivity contribution is 5.35. The number of halogens is 6. The lowest BCUT2D eigenvalue weighted by Gasteiger charge is -2.29. The van der Waals surface area contributed by atoms with E-state index >= 15 is 0 Å². The van der Waals surface area contributed by atoms with Crippen molar-refractivity contribution in [2.24, 2.45) is 23.7 Å². The minimum atomic E-state index is -1.85. The Labute approximate surface area is 295 Å². The van der Waals surface area contributed by atoms with Crippen molar-refractivity contribution in [1.29, 1.82) is 0 Å². The van der Waals surface area contributed by atoms with Gasteiger partial charge in [-0.3, -0.25) is 0 Å². The van der Waals surface area contributed by atoms with Crippen LogP contribution < -0.4 is 14.2 Å². The number of alkyl halides is 2. The number of rotatable bonds is 20. The zero-order chi connectivity index (χ0) is 35.9. The molecule has 2 aliphatic rings. The van der Waals surface area contributed by atoms with Crippen molar-refractivity contribution >= 4 is 0 Å². The second kappa shape index (κ2) is 20.9. The van der Waals surface area contributed by atoms with Gasteiger partial charge in [0.1, 0.15) is 25.6 Å². The molecule has 2 aliphatic carbocycles. The molecule has 0 aliphatic heterocycles. The number of hydrogen-bond acceptors (Lipinski definition) is 3. The molecule has 2 fully saturated rings. The molecule has 0 N–H and O–H groups in total. The first-order chi connectivity index (χ1) is 24.2. The maximum Gasteiger partial charge on any atom is 0.204 e. The Hall–Kier alpha value is -2.84. The van der Waals surface area contributed by atoms with Crippen molar-refractivity contribution in [3.8, 4) is 17.2 Å². The Kier molecular flexibility index (Phi) is 16.7. The Bertz CT molecular complexity index is 1320. The van der Waals surface area contributed by atoms with Gasteiger partial charge in [-0.1, -0.05) is 64.2 Å². The molecule has 0 spiro atoms. The molecular formula is C41H56F6O3. The number of allylic oxidation sites excluding steroid dienone is 2. The van der Waals surface area contributed by atoms with Crippen LogP contribution in [0.1, 0.15) is 116 Å². The fourth-order valence-electron chi connectivity index (χ4n) is 7.28. The lowest BCUT2D eigenvalue weighted by molar-refractivity contribution is 0.147. The molecule has 4 rings (SSSR count). The highest BCUT2D eigenvalue weighted by atomic mass is 19.2. The summed E-state index contributed by atoms with van der Waals surface area (Å²) in [5, 5.41) is 0. The molecule has 2 saturated carbocycles. The Morgan fingerprint density at radius 2 is 1.10 bits per heavy atom. The minimum Gasteiger partial charge on any atom is -0.490 e. The van der Waals surface area contributed by atoms with Crippen molar-refractivity contribution in [2.75, 3.05) is 19.8 Å². The van der Waals surface area contributed by atoms with E-state index in [0.717, 1.165) is 50.2 Å². The molecule has 0 radical (unpaired) electrons. The van der Waals surface area contributed by atoms with Crippen molar-refractivity contribution in [2.45, 2.75) is 129 Å².